The molecule has 0 saturated carbocycles. The van der Waals surface area contributed by atoms with Crippen LogP contribution in [0.5, 0.6) is 5.75 Å². The van der Waals surface area contributed by atoms with Crippen molar-refractivity contribution in [1.29, 1.82) is 0 Å². The molecule has 1 amide bonds. The third kappa shape index (κ3) is 4.01. The molecule has 1 unspecified atom stereocenters. The minimum absolute atomic E-state index is 0.0601. The lowest BCUT2D eigenvalue weighted by atomic mass is 10.1. The van der Waals surface area contributed by atoms with Gasteiger partial charge in [0.15, 0.2) is 5.82 Å². The Hall–Kier alpha value is -3.56. The number of aliphatic hydroxyl groups excluding tert-OH is 1. The van der Waals surface area contributed by atoms with Crippen LogP contribution in [0, 0.1) is 5.82 Å². The van der Waals surface area contributed by atoms with Gasteiger partial charge in [-0.15, -0.1) is 0 Å². The van der Waals surface area contributed by atoms with Crippen molar-refractivity contribution < 1.29 is 19.0 Å². The van der Waals surface area contributed by atoms with Gasteiger partial charge in [-0.3, -0.25) is 4.79 Å². The number of methoxy groups -OCH3 is 1. The molecular weight excluding hydrogens is 425 g/mol. The number of piperazine rings is 1. The number of benzene rings is 2. The van der Waals surface area contributed by atoms with Crippen molar-refractivity contribution in [3.8, 4) is 17.1 Å². The van der Waals surface area contributed by atoms with Gasteiger partial charge in [0.1, 0.15) is 17.3 Å². The Kier molecular flexibility index (Phi) is 5.65. The first-order valence-electron chi connectivity index (χ1n) is 10.8. The quantitative estimate of drug-likeness (QED) is 0.532. The molecule has 2 atom stereocenters. The van der Waals surface area contributed by atoms with Crippen LogP contribution in [0.3, 0.4) is 0 Å². The average Bonchev–Trinajstić information content (AvgIpc) is 3.47. The Bertz CT molecular complexity index is 1200. The van der Waals surface area contributed by atoms with Gasteiger partial charge < -0.3 is 25.4 Å². The summed E-state index contributed by atoms with van der Waals surface area (Å²) >= 11 is 0. The Morgan fingerprint density at radius 1 is 1.33 bits per heavy atom. The zero-order valence-corrected chi connectivity index (χ0v) is 18.1. The number of anilines is 2. The fourth-order valence-electron chi connectivity index (χ4n) is 4.57. The molecule has 2 aliphatic heterocycles. The Morgan fingerprint density at radius 2 is 2.21 bits per heavy atom. The van der Waals surface area contributed by atoms with E-state index in [0.717, 1.165) is 25.2 Å². The summed E-state index contributed by atoms with van der Waals surface area (Å²) < 4.78 is 19.7. The second kappa shape index (κ2) is 8.76. The highest BCUT2D eigenvalue weighted by Crippen LogP contribution is 2.36. The number of amides is 1. The van der Waals surface area contributed by atoms with Crippen LogP contribution in [0.2, 0.25) is 0 Å². The number of hydrogen-bond acceptors (Lipinski definition) is 7. The molecule has 1 aromatic heterocycles. The summed E-state index contributed by atoms with van der Waals surface area (Å²) in [5.41, 5.74) is 2.38. The van der Waals surface area contributed by atoms with Gasteiger partial charge in [0, 0.05) is 31.4 Å². The first-order valence-corrected chi connectivity index (χ1v) is 10.8. The molecule has 3 heterocycles. The van der Waals surface area contributed by atoms with E-state index >= 15 is 0 Å². The maximum Gasteiger partial charge on any atom is 0.274 e. The monoisotopic (exact) mass is 449 g/mol. The summed E-state index contributed by atoms with van der Waals surface area (Å²) in [4.78, 5) is 23.9. The second-order valence-electron chi connectivity index (χ2n) is 8.19. The van der Waals surface area contributed by atoms with Gasteiger partial charge in [-0.05, 0) is 42.3 Å². The van der Waals surface area contributed by atoms with Gasteiger partial charge >= 0.3 is 0 Å². The van der Waals surface area contributed by atoms with Gasteiger partial charge in [0.25, 0.3) is 5.91 Å². The fourth-order valence-corrected chi connectivity index (χ4v) is 4.57. The van der Waals surface area contributed by atoms with Gasteiger partial charge in [-0.2, -0.15) is 0 Å². The predicted molar refractivity (Wildman–Crippen MR) is 122 cm³/mol. The van der Waals surface area contributed by atoms with Crippen molar-refractivity contribution >= 4 is 17.3 Å². The number of carbonyl (C=O) groups is 1. The van der Waals surface area contributed by atoms with Crippen LogP contribution in [-0.4, -0.2) is 53.3 Å². The summed E-state index contributed by atoms with van der Waals surface area (Å²) in [6.45, 7) is 1.62. The maximum atomic E-state index is 14.5. The fraction of sp³-hybridized carbons (Fsp3) is 0.292. The average molecular weight is 449 g/mol. The number of carbonyl (C=O) groups excluding carboxylic acids is 1. The third-order valence-electron chi connectivity index (χ3n) is 6.16. The van der Waals surface area contributed by atoms with Crippen LogP contribution < -0.4 is 20.3 Å². The smallest absolute Gasteiger partial charge is 0.274 e. The summed E-state index contributed by atoms with van der Waals surface area (Å²) in [5.74, 6) is -0.650. The molecule has 2 aromatic carbocycles. The summed E-state index contributed by atoms with van der Waals surface area (Å²) in [6, 6.07) is 12.3. The van der Waals surface area contributed by atoms with Crippen molar-refractivity contribution in [3.05, 3.63) is 65.7 Å². The minimum atomic E-state index is -0.539. The van der Waals surface area contributed by atoms with Gasteiger partial charge in [0.05, 0.1) is 30.7 Å². The predicted octanol–water partition coefficient (Wildman–Crippen LogP) is 2.59. The Balaban J connectivity index is 1.46. The van der Waals surface area contributed by atoms with Crippen LogP contribution in [0.1, 0.15) is 22.5 Å². The molecule has 2 aliphatic rings. The molecular formula is C24H24FN5O3. The largest absolute Gasteiger partial charge is 0.496 e. The Morgan fingerprint density at radius 3 is 2.94 bits per heavy atom. The first-order chi connectivity index (χ1) is 16.1. The van der Waals surface area contributed by atoms with Gasteiger partial charge in [-0.1, -0.05) is 12.1 Å². The molecule has 3 N–H and O–H groups in total. The van der Waals surface area contributed by atoms with Crippen LogP contribution in [0.4, 0.5) is 15.8 Å². The van der Waals surface area contributed by atoms with Crippen molar-refractivity contribution in [3.63, 3.8) is 0 Å². The standard InChI is InChI=1S/C24H24FN5O3/c1-33-21-4-2-3-17(25)22(21)23-26-8-7-18(28-23)24(32)29-19-9-14(13-31)5-6-20(19)30-12-15-10-16(30)11-27-15/h2-9,15-16,27,31H,10-13H2,1H3,(H,29,32)/t15?,16-/m1/s1. The molecule has 8 nitrogen and oxygen atoms in total. The van der Waals surface area contributed by atoms with Crippen LogP contribution in [0.15, 0.2) is 48.7 Å². The SMILES string of the molecule is COc1cccc(F)c1-c1nccc(C(=O)Nc2cc(CO)ccc2N2CC3C[C@@H]2CN3)n1. The number of aromatic nitrogens is 2. The van der Waals surface area contributed by atoms with E-state index in [1.54, 1.807) is 12.1 Å². The molecule has 33 heavy (non-hydrogen) atoms. The van der Waals surface area contributed by atoms with E-state index in [1.165, 1.54) is 31.5 Å². The molecule has 5 rings (SSSR count). The van der Waals surface area contributed by atoms with Crippen molar-refractivity contribution in [1.82, 2.24) is 15.3 Å². The highest BCUT2D eigenvalue weighted by molar-refractivity contribution is 6.05. The second-order valence-corrected chi connectivity index (χ2v) is 8.19. The van der Waals surface area contributed by atoms with E-state index in [2.05, 4.69) is 25.5 Å². The maximum absolute atomic E-state index is 14.5. The van der Waals surface area contributed by atoms with Crippen LogP contribution in [-0.2, 0) is 6.61 Å². The number of hydrogen-bond donors (Lipinski definition) is 3. The highest BCUT2D eigenvalue weighted by atomic mass is 19.1. The number of fused-ring (bicyclic) bond motifs is 2. The number of halogens is 1. The van der Waals surface area contributed by atoms with E-state index in [1.807, 2.05) is 12.1 Å². The topological polar surface area (TPSA) is 99.6 Å². The van der Waals surface area contributed by atoms with Crippen molar-refractivity contribution in [2.24, 2.45) is 0 Å². The normalized spacial score (nSPS) is 19.1. The lowest BCUT2D eigenvalue weighted by Gasteiger charge is -2.31. The number of ether oxygens (including phenoxy) is 1. The lowest BCUT2D eigenvalue weighted by Crippen LogP contribution is -2.44. The molecule has 2 bridgehead atoms. The lowest BCUT2D eigenvalue weighted by molar-refractivity contribution is 0.102. The number of nitrogens with one attached hydrogen (secondary N) is 2. The van der Waals surface area contributed by atoms with E-state index in [4.69, 9.17) is 4.74 Å². The summed E-state index contributed by atoms with van der Waals surface area (Å²) in [5, 5.41) is 16.0. The van der Waals surface area contributed by atoms with Crippen LogP contribution in [0.25, 0.3) is 11.4 Å². The van der Waals surface area contributed by atoms with E-state index < -0.39 is 11.7 Å². The molecule has 0 aliphatic carbocycles. The van der Waals surface area contributed by atoms with Gasteiger partial charge in [-0.25, -0.2) is 14.4 Å². The first kappa shape index (κ1) is 21.3. The molecule has 9 heteroatoms. The Labute approximate surface area is 190 Å². The zero-order valence-electron chi connectivity index (χ0n) is 18.1. The number of aliphatic hydroxyl groups is 1. The van der Waals surface area contributed by atoms with E-state index in [9.17, 15) is 14.3 Å². The van der Waals surface area contributed by atoms with Gasteiger partial charge in [0.2, 0.25) is 0 Å². The zero-order chi connectivity index (χ0) is 22.9. The van der Waals surface area contributed by atoms with E-state index in [-0.39, 0.29) is 29.4 Å². The minimum Gasteiger partial charge on any atom is -0.496 e. The van der Waals surface area contributed by atoms with Crippen LogP contribution >= 0.6 is 0 Å². The summed E-state index contributed by atoms with van der Waals surface area (Å²) in [7, 11) is 1.44. The van der Waals surface area contributed by atoms with Crippen molar-refractivity contribution in [2.75, 3.05) is 30.4 Å². The number of rotatable bonds is 6. The number of nitrogens with zero attached hydrogens (tertiary/aromatic N) is 3. The molecule has 2 saturated heterocycles. The third-order valence-corrected chi connectivity index (χ3v) is 6.16. The molecule has 170 valence electrons. The molecule has 2 fully saturated rings. The van der Waals surface area contributed by atoms with Crippen molar-refractivity contribution in [2.45, 2.75) is 25.1 Å². The molecule has 0 spiro atoms. The molecule has 0 radical (unpaired) electrons. The van der Waals surface area contributed by atoms with E-state index in [0.29, 0.717) is 23.3 Å². The molecule has 3 aromatic rings. The summed E-state index contributed by atoms with van der Waals surface area (Å²) in [6.07, 6.45) is 2.48. The highest BCUT2D eigenvalue weighted by Gasteiger charge is 2.38.